The molecule has 29 heavy (non-hydrogen) atoms. The smallest absolute Gasteiger partial charge is 0.242 e. The van der Waals surface area contributed by atoms with E-state index in [0.717, 1.165) is 24.9 Å². The highest BCUT2D eigenvalue weighted by atomic mass is 32.2. The molecule has 0 aliphatic carbocycles. The summed E-state index contributed by atoms with van der Waals surface area (Å²) in [4.78, 5) is 31.6. The average molecular weight is 414 g/mol. The first-order valence-corrected chi connectivity index (χ1v) is 10.6. The number of hydrogen-bond acceptors (Lipinski definition) is 4. The van der Waals surface area contributed by atoms with E-state index in [2.05, 4.69) is 17.2 Å². The molecule has 1 aliphatic rings. The third-order valence-electron chi connectivity index (χ3n) is 4.50. The second-order valence-corrected chi connectivity index (χ2v) is 7.94. The molecule has 0 unspecified atom stereocenters. The topological polar surface area (TPSA) is 61.8 Å². The Hall–Kier alpha value is -2.67. The van der Waals surface area contributed by atoms with Crippen molar-refractivity contribution in [2.75, 3.05) is 11.9 Å². The Balaban J connectivity index is 1.72. The first-order valence-electron chi connectivity index (χ1n) is 9.74. The molecular formula is C22H24FN3O2S. The lowest BCUT2D eigenvalue weighted by molar-refractivity contribution is -0.128. The van der Waals surface area contributed by atoms with E-state index in [0.29, 0.717) is 11.7 Å². The number of rotatable bonds is 8. The summed E-state index contributed by atoms with van der Waals surface area (Å²) in [6.45, 7) is 2.69. The standard InChI is InChI=1S/C22H24FN3O2S/c1-2-3-9-14-26-21(28)19(29-22(26)24-16-10-5-4-6-11-16)15-20(27)25-18-13-8-7-12-17(18)23/h4-8,10-13,19H,2-3,9,14-15H2,1H3,(H,25,27)/t19-/m1/s1. The van der Waals surface area contributed by atoms with Crippen molar-refractivity contribution in [3.8, 4) is 0 Å². The van der Waals surface area contributed by atoms with Crippen molar-refractivity contribution in [2.45, 2.75) is 37.9 Å². The molecule has 152 valence electrons. The first-order chi connectivity index (χ1) is 14.1. The van der Waals surface area contributed by atoms with E-state index in [4.69, 9.17) is 0 Å². The van der Waals surface area contributed by atoms with Crippen molar-refractivity contribution >= 4 is 40.1 Å². The van der Waals surface area contributed by atoms with E-state index < -0.39 is 17.0 Å². The van der Waals surface area contributed by atoms with Gasteiger partial charge in [0.25, 0.3) is 0 Å². The molecule has 0 radical (unpaired) electrons. The van der Waals surface area contributed by atoms with Crippen molar-refractivity contribution in [2.24, 2.45) is 4.99 Å². The van der Waals surface area contributed by atoms with Gasteiger partial charge in [-0.3, -0.25) is 14.5 Å². The van der Waals surface area contributed by atoms with E-state index in [9.17, 15) is 14.0 Å². The van der Waals surface area contributed by atoms with Gasteiger partial charge >= 0.3 is 0 Å². The molecule has 1 heterocycles. The summed E-state index contributed by atoms with van der Waals surface area (Å²) >= 11 is 1.29. The number of nitrogens with zero attached hydrogens (tertiary/aromatic N) is 2. The molecule has 5 nitrogen and oxygen atoms in total. The SMILES string of the molecule is CCCCCN1C(=O)[C@@H](CC(=O)Nc2ccccc2F)SC1=Nc1ccccc1. The molecule has 0 bridgehead atoms. The summed E-state index contributed by atoms with van der Waals surface area (Å²) in [7, 11) is 0. The van der Waals surface area contributed by atoms with Crippen molar-refractivity contribution in [3.63, 3.8) is 0 Å². The summed E-state index contributed by atoms with van der Waals surface area (Å²) in [6, 6.07) is 15.4. The molecule has 0 saturated carbocycles. The zero-order valence-corrected chi connectivity index (χ0v) is 17.1. The van der Waals surface area contributed by atoms with Crippen LogP contribution in [-0.4, -0.2) is 33.7 Å². The van der Waals surface area contributed by atoms with Gasteiger partial charge in [0, 0.05) is 13.0 Å². The summed E-state index contributed by atoms with van der Waals surface area (Å²) in [5.74, 6) is -1.02. The fraction of sp³-hybridized carbons (Fsp3) is 0.318. The van der Waals surface area contributed by atoms with Crippen LogP contribution in [0.15, 0.2) is 59.6 Å². The normalized spacial score (nSPS) is 17.7. The number of para-hydroxylation sites is 2. The van der Waals surface area contributed by atoms with Crippen LogP contribution in [0.1, 0.15) is 32.6 Å². The number of amidine groups is 1. The van der Waals surface area contributed by atoms with Crippen LogP contribution in [0.2, 0.25) is 0 Å². The van der Waals surface area contributed by atoms with Gasteiger partial charge in [-0.25, -0.2) is 9.38 Å². The highest BCUT2D eigenvalue weighted by Gasteiger charge is 2.38. The summed E-state index contributed by atoms with van der Waals surface area (Å²) in [5, 5.41) is 2.60. The molecule has 2 aromatic carbocycles. The number of benzene rings is 2. The predicted molar refractivity (Wildman–Crippen MR) is 116 cm³/mol. The minimum atomic E-state index is -0.564. The van der Waals surface area contributed by atoms with Gasteiger partial charge in [0.1, 0.15) is 11.1 Å². The number of nitrogens with one attached hydrogen (secondary N) is 1. The fourth-order valence-electron chi connectivity index (χ4n) is 3.00. The van der Waals surface area contributed by atoms with Gasteiger partial charge in [0.2, 0.25) is 11.8 Å². The minimum absolute atomic E-state index is 0.0318. The molecule has 0 aromatic heterocycles. The second kappa shape index (κ2) is 10.2. The lowest BCUT2D eigenvalue weighted by atomic mass is 10.2. The Bertz CT molecular complexity index is 889. The van der Waals surface area contributed by atoms with Crippen LogP contribution in [0.3, 0.4) is 0 Å². The maximum Gasteiger partial charge on any atom is 0.242 e. The average Bonchev–Trinajstić information content (AvgIpc) is 2.99. The number of hydrogen-bond donors (Lipinski definition) is 1. The van der Waals surface area contributed by atoms with E-state index in [-0.39, 0.29) is 18.0 Å². The molecule has 1 fully saturated rings. The van der Waals surface area contributed by atoms with Crippen LogP contribution in [0, 0.1) is 5.82 Å². The molecule has 1 saturated heterocycles. The minimum Gasteiger partial charge on any atom is -0.324 e. The molecule has 1 aliphatic heterocycles. The number of aliphatic imine (C=N–C) groups is 1. The monoisotopic (exact) mass is 413 g/mol. The highest BCUT2D eigenvalue weighted by Crippen LogP contribution is 2.32. The van der Waals surface area contributed by atoms with Gasteiger partial charge in [-0.1, -0.05) is 61.9 Å². The van der Waals surface area contributed by atoms with E-state index >= 15 is 0 Å². The quantitative estimate of drug-likeness (QED) is 0.621. The Labute approximate surface area is 174 Å². The van der Waals surface area contributed by atoms with Gasteiger partial charge < -0.3 is 5.32 Å². The van der Waals surface area contributed by atoms with E-state index in [1.807, 2.05) is 30.3 Å². The summed E-state index contributed by atoms with van der Waals surface area (Å²) in [5.41, 5.74) is 0.880. The number of carbonyl (C=O) groups is 2. The maximum atomic E-state index is 13.8. The van der Waals surface area contributed by atoms with Crippen LogP contribution in [0.25, 0.3) is 0 Å². The number of carbonyl (C=O) groups excluding carboxylic acids is 2. The molecule has 0 spiro atoms. The molecule has 7 heteroatoms. The highest BCUT2D eigenvalue weighted by molar-refractivity contribution is 8.15. The van der Waals surface area contributed by atoms with Gasteiger partial charge in [-0.2, -0.15) is 0 Å². The summed E-state index contributed by atoms with van der Waals surface area (Å²) < 4.78 is 13.8. The molecule has 1 atom stereocenters. The number of amides is 2. The predicted octanol–water partition coefficient (Wildman–Crippen LogP) is 4.98. The van der Waals surface area contributed by atoms with Gasteiger partial charge in [-0.15, -0.1) is 0 Å². The van der Waals surface area contributed by atoms with E-state index in [1.165, 1.54) is 23.9 Å². The summed E-state index contributed by atoms with van der Waals surface area (Å²) in [6.07, 6.45) is 2.92. The molecule has 2 amide bonds. The Morgan fingerprint density at radius 2 is 1.86 bits per heavy atom. The van der Waals surface area contributed by atoms with E-state index in [1.54, 1.807) is 17.0 Å². The van der Waals surface area contributed by atoms with Crippen molar-refractivity contribution < 1.29 is 14.0 Å². The third kappa shape index (κ3) is 5.67. The number of halogens is 1. The zero-order valence-electron chi connectivity index (χ0n) is 16.3. The van der Waals surface area contributed by atoms with Gasteiger partial charge in [0.15, 0.2) is 5.17 Å². The van der Waals surface area contributed by atoms with Crippen LogP contribution >= 0.6 is 11.8 Å². The Morgan fingerprint density at radius 1 is 1.14 bits per heavy atom. The Morgan fingerprint density at radius 3 is 2.59 bits per heavy atom. The maximum absolute atomic E-state index is 13.8. The lowest BCUT2D eigenvalue weighted by Gasteiger charge is -2.16. The lowest BCUT2D eigenvalue weighted by Crippen LogP contribution is -2.34. The fourth-order valence-corrected chi connectivity index (χ4v) is 4.18. The van der Waals surface area contributed by atoms with Crippen LogP contribution in [0.4, 0.5) is 15.8 Å². The van der Waals surface area contributed by atoms with Crippen molar-refractivity contribution in [3.05, 3.63) is 60.4 Å². The van der Waals surface area contributed by atoms with Crippen LogP contribution in [-0.2, 0) is 9.59 Å². The van der Waals surface area contributed by atoms with Crippen LogP contribution in [0.5, 0.6) is 0 Å². The first kappa shape index (κ1) is 21.0. The molecular weight excluding hydrogens is 389 g/mol. The largest absolute Gasteiger partial charge is 0.324 e. The van der Waals surface area contributed by atoms with Crippen LogP contribution < -0.4 is 5.32 Å². The molecule has 1 N–H and O–H groups in total. The van der Waals surface area contributed by atoms with Crippen molar-refractivity contribution in [1.29, 1.82) is 0 Å². The van der Waals surface area contributed by atoms with Gasteiger partial charge in [0.05, 0.1) is 11.4 Å². The Kier molecular flexibility index (Phi) is 7.41. The van der Waals surface area contributed by atoms with Crippen molar-refractivity contribution in [1.82, 2.24) is 4.90 Å². The number of anilines is 1. The third-order valence-corrected chi connectivity index (χ3v) is 5.68. The number of thioether (sulfide) groups is 1. The zero-order chi connectivity index (χ0) is 20.6. The molecule has 2 aromatic rings. The molecule has 3 rings (SSSR count). The second-order valence-electron chi connectivity index (χ2n) is 6.77. The van der Waals surface area contributed by atoms with Gasteiger partial charge in [-0.05, 0) is 30.7 Å². The number of unbranched alkanes of at least 4 members (excludes halogenated alkanes) is 2.